The van der Waals surface area contributed by atoms with Crippen LogP contribution < -0.4 is 5.73 Å². The fraction of sp³-hybridized carbons (Fsp3) is 0.250. The summed E-state index contributed by atoms with van der Waals surface area (Å²) in [7, 11) is 0. The molecule has 1 aromatic heterocycles. The standard InChI is InChI=1S/C8H10N2O2S/c9-6(8(11)12)7(13)5-2-1-3-10-4-5/h1-4,6-7,13H,9H2,(H,11,12). The molecule has 0 fully saturated rings. The van der Waals surface area contributed by atoms with Crippen LogP contribution in [0, 0.1) is 0 Å². The summed E-state index contributed by atoms with van der Waals surface area (Å²) in [5, 5.41) is 8.10. The van der Waals surface area contributed by atoms with Gasteiger partial charge in [-0.3, -0.25) is 9.78 Å². The molecule has 13 heavy (non-hydrogen) atoms. The van der Waals surface area contributed by atoms with Crippen molar-refractivity contribution < 1.29 is 9.90 Å². The number of rotatable bonds is 3. The zero-order valence-electron chi connectivity index (χ0n) is 6.79. The molecule has 2 atom stereocenters. The molecule has 0 aliphatic rings. The van der Waals surface area contributed by atoms with Crippen molar-refractivity contribution in [2.75, 3.05) is 0 Å². The highest BCUT2D eigenvalue weighted by molar-refractivity contribution is 7.80. The lowest BCUT2D eigenvalue weighted by molar-refractivity contribution is -0.138. The Hall–Kier alpha value is -1.07. The predicted molar refractivity (Wildman–Crippen MR) is 51.6 cm³/mol. The minimum absolute atomic E-state index is 0.522. The summed E-state index contributed by atoms with van der Waals surface area (Å²) in [4.78, 5) is 14.4. The van der Waals surface area contributed by atoms with E-state index in [0.717, 1.165) is 0 Å². The third kappa shape index (κ3) is 2.43. The molecule has 1 heterocycles. The van der Waals surface area contributed by atoms with Gasteiger partial charge in [-0.2, -0.15) is 12.6 Å². The van der Waals surface area contributed by atoms with E-state index in [0.29, 0.717) is 5.56 Å². The Bertz CT molecular complexity index is 291. The Labute approximate surface area is 81.2 Å². The largest absolute Gasteiger partial charge is 0.480 e. The normalized spacial score (nSPS) is 14.9. The van der Waals surface area contributed by atoms with Gasteiger partial charge in [0.2, 0.25) is 0 Å². The van der Waals surface area contributed by atoms with Gasteiger partial charge in [0.15, 0.2) is 0 Å². The molecule has 0 aliphatic carbocycles. The first-order valence-electron chi connectivity index (χ1n) is 3.69. The zero-order chi connectivity index (χ0) is 9.84. The highest BCUT2D eigenvalue weighted by Gasteiger charge is 2.22. The molecular formula is C8H10N2O2S. The number of hydrogen-bond acceptors (Lipinski definition) is 4. The Morgan fingerprint density at radius 2 is 2.38 bits per heavy atom. The van der Waals surface area contributed by atoms with Crippen LogP contribution in [0.3, 0.4) is 0 Å². The molecule has 0 saturated carbocycles. The summed E-state index contributed by atoms with van der Waals surface area (Å²) in [6, 6.07) is 2.45. The molecular weight excluding hydrogens is 188 g/mol. The quantitative estimate of drug-likeness (QED) is 0.617. The second kappa shape index (κ2) is 4.25. The van der Waals surface area contributed by atoms with Gasteiger partial charge in [-0.15, -0.1) is 0 Å². The second-order valence-electron chi connectivity index (χ2n) is 2.60. The van der Waals surface area contributed by atoms with E-state index in [2.05, 4.69) is 17.6 Å². The zero-order valence-corrected chi connectivity index (χ0v) is 7.69. The van der Waals surface area contributed by atoms with E-state index in [1.54, 1.807) is 24.5 Å². The fourth-order valence-electron chi connectivity index (χ4n) is 0.893. The maximum absolute atomic E-state index is 10.5. The highest BCUT2D eigenvalue weighted by atomic mass is 32.1. The number of thiol groups is 1. The topological polar surface area (TPSA) is 76.2 Å². The summed E-state index contributed by atoms with van der Waals surface area (Å²) in [6.07, 6.45) is 3.16. The highest BCUT2D eigenvalue weighted by Crippen LogP contribution is 2.21. The van der Waals surface area contributed by atoms with Gasteiger partial charge in [0.05, 0.1) is 5.25 Å². The van der Waals surface area contributed by atoms with Crippen LogP contribution >= 0.6 is 12.6 Å². The lowest BCUT2D eigenvalue weighted by atomic mass is 10.1. The molecule has 5 heteroatoms. The summed E-state index contributed by atoms with van der Waals surface area (Å²) in [6.45, 7) is 0. The van der Waals surface area contributed by atoms with E-state index in [9.17, 15) is 4.79 Å². The van der Waals surface area contributed by atoms with Gasteiger partial charge in [0.1, 0.15) is 6.04 Å². The van der Waals surface area contributed by atoms with Gasteiger partial charge < -0.3 is 10.8 Å². The van der Waals surface area contributed by atoms with Crippen LogP contribution in [-0.4, -0.2) is 22.1 Å². The molecule has 0 spiro atoms. The summed E-state index contributed by atoms with van der Waals surface area (Å²) >= 11 is 4.11. The molecule has 1 aromatic rings. The summed E-state index contributed by atoms with van der Waals surface area (Å²) in [5.41, 5.74) is 6.10. The minimum Gasteiger partial charge on any atom is -0.480 e. The van der Waals surface area contributed by atoms with Gasteiger partial charge in [-0.1, -0.05) is 6.07 Å². The van der Waals surface area contributed by atoms with Crippen LogP contribution in [0.2, 0.25) is 0 Å². The number of aromatic nitrogens is 1. The van der Waals surface area contributed by atoms with Crippen molar-refractivity contribution in [3.8, 4) is 0 Å². The molecule has 1 rings (SSSR count). The number of nitrogens with two attached hydrogens (primary N) is 1. The Balaban J connectivity index is 2.79. The van der Waals surface area contributed by atoms with Gasteiger partial charge in [-0.05, 0) is 11.6 Å². The van der Waals surface area contributed by atoms with Crippen LogP contribution in [0.4, 0.5) is 0 Å². The molecule has 0 radical (unpaired) electrons. The van der Waals surface area contributed by atoms with Crippen molar-refractivity contribution in [3.05, 3.63) is 30.1 Å². The number of pyridine rings is 1. The number of carboxylic acids is 1. The van der Waals surface area contributed by atoms with Crippen LogP contribution in [0.15, 0.2) is 24.5 Å². The first kappa shape index (κ1) is 10.0. The van der Waals surface area contributed by atoms with Crippen LogP contribution in [0.25, 0.3) is 0 Å². The van der Waals surface area contributed by atoms with Crippen LogP contribution in [-0.2, 0) is 4.79 Å². The van der Waals surface area contributed by atoms with Crippen molar-refractivity contribution in [2.45, 2.75) is 11.3 Å². The van der Waals surface area contributed by atoms with E-state index in [4.69, 9.17) is 10.8 Å². The maximum atomic E-state index is 10.5. The molecule has 0 aromatic carbocycles. The minimum atomic E-state index is -1.07. The predicted octanol–water partition coefficient (Wildman–Crippen LogP) is 0.464. The molecule has 0 bridgehead atoms. The average Bonchev–Trinajstić information content (AvgIpc) is 2.17. The lowest BCUT2D eigenvalue weighted by Crippen LogP contribution is -2.34. The second-order valence-corrected chi connectivity index (χ2v) is 3.15. The number of nitrogens with zero attached hydrogens (tertiary/aromatic N) is 1. The van der Waals surface area contributed by atoms with Gasteiger partial charge in [0, 0.05) is 12.4 Å². The molecule has 0 saturated heterocycles. The number of hydrogen-bond donors (Lipinski definition) is 3. The maximum Gasteiger partial charge on any atom is 0.321 e. The van der Waals surface area contributed by atoms with Crippen molar-refractivity contribution in [1.29, 1.82) is 0 Å². The number of aliphatic carboxylic acids is 1. The Morgan fingerprint density at radius 1 is 1.69 bits per heavy atom. The smallest absolute Gasteiger partial charge is 0.321 e. The van der Waals surface area contributed by atoms with Crippen LogP contribution in [0.1, 0.15) is 10.8 Å². The van der Waals surface area contributed by atoms with Crippen molar-refractivity contribution in [3.63, 3.8) is 0 Å². The van der Waals surface area contributed by atoms with Crippen molar-refractivity contribution in [1.82, 2.24) is 4.98 Å². The first-order valence-corrected chi connectivity index (χ1v) is 4.21. The van der Waals surface area contributed by atoms with Gasteiger partial charge >= 0.3 is 5.97 Å². The third-order valence-corrected chi connectivity index (χ3v) is 2.27. The van der Waals surface area contributed by atoms with E-state index in [1.807, 2.05) is 0 Å². The van der Waals surface area contributed by atoms with E-state index < -0.39 is 17.3 Å². The monoisotopic (exact) mass is 198 g/mol. The fourth-order valence-corrected chi connectivity index (χ4v) is 1.17. The lowest BCUT2D eigenvalue weighted by Gasteiger charge is -2.14. The molecule has 0 aliphatic heterocycles. The third-order valence-electron chi connectivity index (χ3n) is 1.65. The van der Waals surface area contributed by atoms with Crippen molar-refractivity contribution in [2.24, 2.45) is 5.73 Å². The number of carbonyl (C=O) groups is 1. The van der Waals surface area contributed by atoms with Crippen LogP contribution in [0.5, 0.6) is 0 Å². The molecule has 2 unspecified atom stereocenters. The summed E-state index contributed by atoms with van der Waals surface area (Å²) in [5.74, 6) is -1.07. The molecule has 0 amide bonds. The molecule has 70 valence electrons. The Morgan fingerprint density at radius 3 is 2.85 bits per heavy atom. The van der Waals surface area contributed by atoms with Gasteiger partial charge in [0.25, 0.3) is 0 Å². The van der Waals surface area contributed by atoms with E-state index in [1.165, 1.54) is 0 Å². The molecule has 3 N–H and O–H groups in total. The van der Waals surface area contributed by atoms with Gasteiger partial charge in [-0.25, -0.2) is 0 Å². The number of carboxylic acid groups (broad SMARTS) is 1. The SMILES string of the molecule is NC(C(=O)O)C(S)c1cccnc1. The molecule has 4 nitrogen and oxygen atoms in total. The van der Waals surface area contributed by atoms with Crippen molar-refractivity contribution >= 4 is 18.6 Å². The van der Waals surface area contributed by atoms with E-state index in [-0.39, 0.29) is 0 Å². The van der Waals surface area contributed by atoms with E-state index >= 15 is 0 Å². The Kier molecular flexibility index (Phi) is 3.27. The average molecular weight is 198 g/mol. The first-order chi connectivity index (χ1) is 6.13. The summed E-state index contributed by atoms with van der Waals surface area (Å²) < 4.78 is 0.